The molecule has 0 bridgehead atoms. The van der Waals surface area contributed by atoms with Crippen LogP contribution in [0.2, 0.25) is 0 Å². The lowest BCUT2D eigenvalue weighted by molar-refractivity contribution is -0.141. The molecule has 1 unspecified atom stereocenters. The van der Waals surface area contributed by atoms with Gasteiger partial charge >= 0.3 is 11.9 Å². The molecular formula is C22H24O5. The molecule has 2 rings (SSSR count). The summed E-state index contributed by atoms with van der Waals surface area (Å²) in [5.74, 6) is -2.12. The summed E-state index contributed by atoms with van der Waals surface area (Å²) in [5.41, 5.74) is 3.27. The number of benzene rings is 2. The average molecular weight is 368 g/mol. The van der Waals surface area contributed by atoms with Gasteiger partial charge in [-0.3, -0.25) is 4.79 Å². The number of aryl methyl sites for hydroxylation is 3. The average Bonchev–Trinajstić information content (AvgIpc) is 2.64. The first-order valence-electron chi connectivity index (χ1n) is 8.88. The van der Waals surface area contributed by atoms with Crippen LogP contribution in [0.1, 0.15) is 50.8 Å². The van der Waals surface area contributed by atoms with Gasteiger partial charge < -0.3 is 9.47 Å². The summed E-state index contributed by atoms with van der Waals surface area (Å²) >= 11 is 0. The van der Waals surface area contributed by atoms with E-state index in [0.29, 0.717) is 17.5 Å². The molecule has 2 aromatic carbocycles. The molecule has 0 saturated carbocycles. The number of ether oxygens (including phenoxy) is 2. The second-order valence-corrected chi connectivity index (χ2v) is 6.50. The van der Waals surface area contributed by atoms with E-state index in [1.54, 1.807) is 44.2 Å². The van der Waals surface area contributed by atoms with E-state index in [0.717, 1.165) is 16.7 Å². The van der Waals surface area contributed by atoms with Crippen LogP contribution in [0.5, 0.6) is 0 Å². The van der Waals surface area contributed by atoms with Gasteiger partial charge in [0.05, 0.1) is 5.56 Å². The number of hydrogen-bond donors (Lipinski definition) is 0. The van der Waals surface area contributed by atoms with E-state index in [4.69, 9.17) is 9.47 Å². The molecule has 5 heteroatoms. The fourth-order valence-electron chi connectivity index (χ4n) is 2.90. The Bertz CT molecular complexity index is 816. The van der Waals surface area contributed by atoms with E-state index in [1.807, 2.05) is 26.0 Å². The third-order valence-electron chi connectivity index (χ3n) is 4.23. The lowest BCUT2D eigenvalue weighted by Crippen LogP contribution is -2.28. The van der Waals surface area contributed by atoms with E-state index in [2.05, 4.69) is 0 Å². The highest BCUT2D eigenvalue weighted by molar-refractivity contribution is 6.41. The van der Waals surface area contributed by atoms with Crippen LogP contribution in [0.4, 0.5) is 0 Å². The van der Waals surface area contributed by atoms with Crippen molar-refractivity contribution in [1.29, 1.82) is 0 Å². The highest BCUT2D eigenvalue weighted by Crippen LogP contribution is 2.18. The van der Waals surface area contributed by atoms with E-state index >= 15 is 0 Å². The quantitative estimate of drug-likeness (QED) is 0.420. The van der Waals surface area contributed by atoms with E-state index in [-0.39, 0.29) is 6.61 Å². The van der Waals surface area contributed by atoms with Crippen molar-refractivity contribution < 1.29 is 23.9 Å². The number of esters is 2. The Kier molecular flexibility index (Phi) is 6.88. The van der Waals surface area contributed by atoms with Crippen LogP contribution >= 0.6 is 0 Å². The number of ketones is 1. The monoisotopic (exact) mass is 368 g/mol. The van der Waals surface area contributed by atoms with Gasteiger partial charge in [-0.1, -0.05) is 42.8 Å². The van der Waals surface area contributed by atoms with Crippen LogP contribution in [-0.4, -0.2) is 30.4 Å². The number of carbonyl (C=O) groups excluding carboxylic acids is 3. The van der Waals surface area contributed by atoms with Crippen molar-refractivity contribution >= 4 is 17.7 Å². The minimum atomic E-state index is -0.945. The standard InChI is InChI=1S/C22H24O5/c1-5-18(27-21(24)17-9-7-6-8-10-17)13-26-22(25)20(23)19-15(3)11-14(2)12-16(19)4/h6-12,18H,5,13H2,1-4H3. The molecule has 27 heavy (non-hydrogen) atoms. The molecule has 0 aromatic heterocycles. The summed E-state index contributed by atoms with van der Waals surface area (Å²) in [7, 11) is 0. The molecule has 2 aromatic rings. The topological polar surface area (TPSA) is 69.7 Å². The second kappa shape index (κ2) is 9.12. The minimum Gasteiger partial charge on any atom is -0.456 e. The van der Waals surface area contributed by atoms with Crippen molar-refractivity contribution in [2.75, 3.05) is 6.61 Å². The summed E-state index contributed by atoms with van der Waals surface area (Å²) in [6, 6.07) is 12.3. The van der Waals surface area contributed by atoms with Gasteiger partial charge in [-0.25, -0.2) is 9.59 Å². The largest absolute Gasteiger partial charge is 0.456 e. The van der Waals surface area contributed by atoms with Gasteiger partial charge in [0.2, 0.25) is 0 Å². The highest BCUT2D eigenvalue weighted by Gasteiger charge is 2.24. The van der Waals surface area contributed by atoms with Crippen LogP contribution in [-0.2, 0) is 14.3 Å². The number of hydrogen-bond acceptors (Lipinski definition) is 5. The third kappa shape index (κ3) is 5.26. The van der Waals surface area contributed by atoms with Gasteiger partial charge in [0.1, 0.15) is 12.7 Å². The fraction of sp³-hybridized carbons (Fsp3) is 0.318. The Hall–Kier alpha value is -2.95. The zero-order valence-electron chi connectivity index (χ0n) is 16.1. The normalized spacial score (nSPS) is 11.6. The number of Topliss-reactive ketones (excluding diaryl/α,β-unsaturated/α-hetero) is 1. The summed E-state index contributed by atoms with van der Waals surface area (Å²) < 4.78 is 10.5. The number of rotatable bonds is 7. The Morgan fingerprint density at radius 3 is 2.11 bits per heavy atom. The molecule has 0 aliphatic rings. The minimum absolute atomic E-state index is 0.163. The molecular weight excluding hydrogens is 344 g/mol. The molecule has 0 aliphatic heterocycles. The summed E-state index contributed by atoms with van der Waals surface area (Å²) in [6.45, 7) is 7.16. The van der Waals surface area contributed by atoms with E-state index in [9.17, 15) is 14.4 Å². The lowest BCUT2D eigenvalue weighted by Gasteiger charge is -2.16. The van der Waals surface area contributed by atoms with Gasteiger partial charge in [0, 0.05) is 5.56 Å². The Labute approximate surface area is 159 Å². The third-order valence-corrected chi connectivity index (χ3v) is 4.23. The van der Waals surface area contributed by atoms with Crippen molar-refractivity contribution in [3.8, 4) is 0 Å². The van der Waals surface area contributed by atoms with Crippen LogP contribution in [0.15, 0.2) is 42.5 Å². The van der Waals surface area contributed by atoms with Crippen molar-refractivity contribution in [2.24, 2.45) is 0 Å². The Balaban J connectivity index is 1.99. The lowest BCUT2D eigenvalue weighted by atomic mass is 9.96. The van der Waals surface area contributed by atoms with Gasteiger partial charge in [-0.15, -0.1) is 0 Å². The van der Waals surface area contributed by atoms with Crippen LogP contribution in [0.3, 0.4) is 0 Å². The summed E-state index contributed by atoms with van der Waals surface area (Å²) in [6.07, 6.45) is -0.155. The number of carbonyl (C=O) groups is 3. The smallest absolute Gasteiger partial charge is 0.379 e. The first kappa shape index (κ1) is 20.4. The molecule has 1 atom stereocenters. The molecule has 0 spiro atoms. The first-order chi connectivity index (χ1) is 12.8. The van der Waals surface area contributed by atoms with Crippen LogP contribution in [0, 0.1) is 20.8 Å². The van der Waals surface area contributed by atoms with E-state index in [1.165, 1.54) is 0 Å². The zero-order chi connectivity index (χ0) is 20.0. The Morgan fingerprint density at radius 1 is 0.963 bits per heavy atom. The van der Waals surface area contributed by atoms with Crippen LogP contribution in [0.25, 0.3) is 0 Å². The molecule has 0 saturated heterocycles. The summed E-state index contributed by atoms with van der Waals surface area (Å²) in [4.78, 5) is 36.8. The van der Waals surface area contributed by atoms with Crippen molar-refractivity contribution in [3.63, 3.8) is 0 Å². The second-order valence-electron chi connectivity index (χ2n) is 6.50. The maximum Gasteiger partial charge on any atom is 0.379 e. The first-order valence-corrected chi connectivity index (χ1v) is 8.88. The Morgan fingerprint density at radius 2 is 1.56 bits per heavy atom. The predicted octanol–water partition coefficient (Wildman–Crippen LogP) is 3.97. The SMILES string of the molecule is CCC(COC(=O)C(=O)c1c(C)cc(C)cc1C)OC(=O)c1ccccc1. The van der Waals surface area contributed by atoms with Gasteiger partial charge in [0.25, 0.3) is 5.78 Å². The highest BCUT2D eigenvalue weighted by atomic mass is 16.6. The molecule has 5 nitrogen and oxygen atoms in total. The van der Waals surface area contributed by atoms with Gasteiger partial charge in [-0.05, 0) is 50.5 Å². The van der Waals surface area contributed by atoms with Gasteiger partial charge in [-0.2, -0.15) is 0 Å². The van der Waals surface area contributed by atoms with Gasteiger partial charge in [0.15, 0.2) is 0 Å². The predicted molar refractivity (Wildman–Crippen MR) is 102 cm³/mol. The van der Waals surface area contributed by atoms with Crippen LogP contribution < -0.4 is 0 Å². The van der Waals surface area contributed by atoms with E-state index < -0.39 is 23.8 Å². The van der Waals surface area contributed by atoms with Crippen molar-refractivity contribution in [2.45, 2.75) is 40.2 Å². The van der Waals surface area contributed by atoms with Crippen molar-refractivity contribution in [1.82, 2.24) is 0 Å². The molecule has 0 radical (unpaired) electrons. The maximum atomic E-state index is 12.5. The molecule has 0 amide bonds. The fourth-order valence-corrected chi connectivity index (χ4v) is 2.90. The molecule has 0 heterocycles. The molecule has 0 aliphatic carbocycles. The summed E-state index contributed by atoms with van der Waals surface area (Å²) in [5, 5.41) is 0. The van der Waals surface area contributed by atoms with Crippen molar-refractivity contribution in [3.05, 3.63) is 70.3 Å². The molecule has 0 fully saturated rings. The molecule has 142 valence electrons. The maximum absolute atomic E-state index is 12.5. The molecule has 0 N–H and O–H groups in total. The zero-order valence-corrected chi connectivity index (χ0v) is 16.1.